The van der Waals surface area contributed by atoms with Crippen molar-refractivity contribution in [2.75, 3.05) is 6.61 Å². The molecule has 0 spiro atoms. The molecule has 10 heavy (non-hydrogen) atoms. The van der Waals surface area contributed by atoms with Crippen molar-refractivity contribution in [3.8, 4) is 0 Å². The van der Waals surface area contributed by atoms with Crippen LogP contribution in [0.5, 0.6) is 0 Å². The van der Waals surface area contributed by atoms with Crippen LogP contribution < -0.4 is 0 Å². The van der Waals surface area contributed by atoms with Crippen molar-refractivity contribution in [2.24, 2.45) is 0 Å². The summed E-state index contributed by atoms with van der Waals surface area (Å²) in [7, 11) is 0. The normalized spacial score (nSPS) is 14.3. The summed E-state index contributed by atoms with van der Waals surface area (Å²) < 4.78 is 0. The molecule has 2 N–H and O–H groups in total. The van der Waals surface area contributed by atoms with E-state index in [1.165, 1.54) is 0 Å². The third-order valence-electron chi connectivity index (χ3n) is 1.24. The summed E-state index contributed by atoms with van der Waals surface area (Å²) in [4.78, 5) is 0. The molecule has 0 amide bonds. The maximum Gasteiger partial charge on any atom is 0.0805 e. The Bertz CT molecular complexity index is 89.3. The summed E-state index contributed by atoms with van der Waals surface area (Å²) in [6.07, 6.45) is 6.11. The topological polar surface area (TPSA) is 40.5 Å². The lowest BCUT2D eigenvalue weighted by atomic mass is 10.2. The van der Waals surface area contributed by atoms with Gasteiger partial charge in [0.1, 0.15) is 0 Å². The molecule has 0 aromatic rings. The van der Waals surface area contributed by atoms with Crippen molar-refractivity contribution in [2.45, 2.75) is 32.3 Å². The van der Waals surface area contributed by atoms with E-state index in [9.17, 15) is 0 Å². The largest absolute Gasteiger partial charge is 0.394 e. The van der Waals surface area contributed by atoms with Crippen LogP contribution in [0.15, 0.2) is 12.2 Å². The first-order chi connectivity index (χ1) is 4.81. The average Bonchev–Trinajstić information content (AvgIpc) is 1.98. The zero-order chi connectivity index (χ0) is 7.82. The lowest BCUT2D eigenvalue weighted by Crippen LogP contribution is -2.09. The predicted octanol–water partition coefficient (Wildman–Crippen LogP) is 1.09. The highest BCUT2D eigenvalue weighted by Crippen LogP contribution is 1.94. The van der Waals surface area contributed by atoms with E-state index in [0.717, 1.165) is 12.8 Å². The maximum atomic E-state index is 8.86. The summed E-state index contributed by atoms with van der Waals surface area (Å²) >= 11 is 0. The summed E-state index contributed by atoms with van der Waals surface area (Å²) in [5.41, 5.74) is 0. The van der Waals surface area contributed by atoms with Gasteiger partial charge in [-0.25, -0.2) is 0 Å². The van der Waals surface area contributed by atoms with Crippen molar-refractivity contribution < 1.29 is 10.2 Å². The standard InChI is InChI=1S/C8H16O2/c1-2-3-4-5-6-8(10)7-9/h4-5,8-10H,2-3,6-7H2,1H3/t8-/m0/s1. The van der Waals surface area contributed by atoms with Crippen LogP contribution in [0, 0.1) is 0 Å². The van der Waals surface area contributed by atoms with Gasteiger partial charge >= 0.3 is 0 Å². The quantitative estimate of drug-likeness (QED) is 0.567. The van der Waals surface area contributed by atoms with Crippen molar-refractivity contribution in [1.29, 1.82) is 0 Å². The highest BCUT2D eigenvalue weighted by atomic mass is 16.3. The Morgan fingerprint density at radius 2 is 2.10 bits per heavy atom. The summed E-state index contributed by atoms with van der Waals surface area (Å²) in [6, 6.07) is 0. The van der Waals surface area contributed by atoms with Crippen LogP contribution in [0.4, 0.5) is 0 Å². The Balaban J connectivity index is 3.16. The first kappa shape index (κ1) is 9.66. The van der Waals surface area contributed by atoms with Crippen LogP contribution in [0.25, 0.3) is 0 Å². The Labute approximate surface area is 62.2 Å². The molecule has 0 aliphatic rings. The highest BCUT2D eigenvalue weighted by Gasteiger charge is 1.95. The Kier molecular flexibility index (Phi) is 6.55. The van der Waals surface area contributed by atoms with Crippen molar-refractivity contribution >= 4 is 0 Å². The molecule has 2 heteroatoms. The van der Waals surface area contributed by atoms with Crippen LogP contribution in [-0.2, 0) is 0 Å². The molecule has 0 aromatic carbocycles. The Morgan fingerprint density at radius 3 is 2.60 bits per heavy atom. The van der Waals surface area contributed by atoms with Gasteiger partial charge in [-0.3, -0.25) is 0 Å². The number of unbranched alkanes of at least 4 members (excludes halogenated alkanes) is 1. The van der Waals surface area contributed by atoms with Gasteiger partial charge < -0.3 is 10.2 Å². The average molecular weight is 144 g/mol. The monoisotopic (exact) mass is 144 g/mol. The summed E-state index contributed by atoms with van der Waals surface area (Å²) in [5.74, 6) is 0. The fourth-order valence-corrected chi connectivity index (χ4v) is 0.612. The molecule has 0 heterocycles. The smallest absolute Gasteiger partial charge is 0.0805 e. The molecule has 60 valence electrons. The lowest BCUT2D eigenvalue weighted by Gasteiger charge is -2.00. The third kappa shape index (κ3) is 5.79. The second-order valence-corrected chi connectivity index (χ2v) is 2.33. The number of rotatable bonds is 5. The van der Waals surface area contributed by atoms with Gasteiger partial charge in [0.25, 0.3) is 0 Å². The van der Waals surface area contributed by atoms with E-state index in [-0.39, 0.29) is 6.61 Å². The molecule has 0 fully saturated rings. The van der Waals surface area contributed by atoms with Gasteiger partial charge in [-0.05, 0) is 12.8 Å². The Morgan fingerprint density at radius 1 is 1.40 bits per heavy atom. The third-order valence-corrected chi connectivity index (χ3v) is 1.24. The first-order valence-corrected chi connectivity index (χ1v) is 3.75. The molecule has 0 radical (unpaired) electrons. The molecular weight excluding hydrogens is 128 g/mol. The molecule has 0 bridgehead atoms. The van der Waals surface area contributed by atoms with E-state index in [0.29, 0.717) is 6.42 Å². The zero-order valence-corrected chi connectivity index (χ0v) is 6.45. The van der Waals surface area contributed by atoms with E-state index in [4.69, 9.17) is 10.2 Å². The molecule has 2 nitrogen and oxygen atoms in total. The van der Waals surface area contributed by atoms with Gasteiger partial charge in [0.05, 0.1) is 12.7 Å². The van der Waals surface area contributed by atoms with Gasteiger partial charge in [0.2, 0.25) is 0 Å². The molecule has 0 unspecified atom stereocenters. The molecule has 0 rings (SSSR count). The molecule has 0 aliphatic heterocycles. The zero-order valence-electron chi connectivity index (χ0n) is 6.45. The highest BCUT2D eigenvalue weighted by molar-refractivity contribution is 4.83. The van der Waals surface area contributed by atoms with E-state index >= 15 is 0 Å². The second kappa shape index (κ2) is 6.78. The van der Waals surface area contributed by atoms with E-state index in [2.05, 4.69) is 6.92 Å². The maximum absolute atomic E-state index is 8.86. The molecular formula is C8H16O2. The minimum atomic E-state index is -0.576. The fraction of sp³-hybridized carbons (Fsp3) is 0.750. The lowest BCUT2D eigenvalue weighted by molar-refractivity contribution is 0.0975. The minimum Gasteiger partial charge on any atom is -0.394 e. The first-order valence-electron chi connectivity index (χ1n) is 3.75. The molecule has 0 aliphatic carbocycles. The van der Waals surface area contributed by atoms with Crippen LogP contribution >= 0.6 is 0 Å². The number of aliphatic hydroxyl groups excluding tert-OH is 2. The van der Waals surface area contributed by atoms with Crippen molar-refractivity contribution in [1.82, 2.24) is 0 Å². The van der Waals surface area contributed by atoms with Gasteiger partial charge in [0.15, 0.2) is 0 Å². The van der Waals surface area contributed by atoms with Gasteiger partial charge in [-0.2, -0.15) is 0 Å². The van der Waals surface area contributed by atoms with E-state index in [1.54, 1.807) is 0 Å². The summed E-state index contributed by atoms with van der Waals surface area (Å²) in [5, 5.41) is 17.3. The van der Waals surface area contributed by atoms with Crippen LogP contribution in [0.3, 0.4) is 0 Å². The van der Waals surface area contributed by atoms with Crippen LogP contribution in [0.1, 0.15) is 26.2 Å². The van der Waals surface area contributed by atoms with Crippen molar-refractivity contribution in [3.05, 3.63) is 12.2 Å². The number of hydrogen-bond donors (Lipinski definition) is 2. The molecule has 0 aromatic heterocycles. The predicted molar refractivity (Wildman–Crippen MR) is 41.8 cm³/mol. The van der Waals surface area contributed by atoms with Gasteiger partial charge in [-0.15, -0.1) is 0 Å². The molecule has 1 atom stereocenters. The Hall–Kier alpha value is -0.340. The van der Waals surface area contributed by atoms with Crippen molar-refractivity contribution in [3.63, 3.8) is 0 Å². The van der Waals surface area contributed by atoms with Crippen LogP contribution in [-0.4, -0.2) is 22.9 Å². The molecule has 0 saturated heterocycles. The van der Waals surface area contributed by atoms with E-state index in [1.807, 2.05) is 12.2 Å². The molecule has 0 saturated carbocycles. The minimum absolute atomic E-state index is 0.142. The second-order valence-electron chi connectivity index (χ2n) is 2.33. The fourth-order valence-electron chi connectivity index (χ4n) is 0.612. The van der Waals surface area contributed by atoms with E-state index < -0.39 is 6.10 Å². The SMILES string of the molecule is CCCC=CC[C@H](O)CO. The number of hydrogen-bond acceptors (Lipinski definition) is 2. The van der Waals surface area contributed by atoms with Gasteiger partial charge in [0, 0.05) is 0 Å². The number of aliphatic hydroxyl groups is 2. The van der Waals surface area contributed by atoms with Crippen LogP contribution in [0.2, 0.25) is 0 Å². The number of allylic oxidation sites excluding steroid dienone is 1. The van der Waals surface area contributed by atoms with Gasteiger partial charge in [-0.1, -0.05) is 25.5 Å². The summed E-state index contributed by atoms with van der Waals surface area (Å²) in [6.45, 7) is 1.96.